The molecule has 1 aliphatic heterocycles. The summed E-state index contributed by atoms with van der Waals surface area (Å²) in [5, 5.41) is 8.78. The third kappa shape index (κ3) is 3.68. The second-order valence-electron chi connectivity index (χ2n) is 4.53. The van der Waals surface area contributed by atoms with E-state index in [2.05, 4.69) is 6.07 Å². The third-order valence-electron chi connectivity index (χ3n) is 3.19. The zero-order valence-electron chi connectivity index (χ0n) is 10.5. The van der Waals surface area contributed by atoms with Crippen molar-refractivity contribution < 1.29 is 13.9 Å². The lowest BCUT2D eigenvalue weighted by atomic mass is 9.99. The van der Waals surface area contributed by atoms with Crippen molar-refractivity contribution in [2.75, 3.05) is 19.7 Å². The summed E-state index contributed by atoms with van der Waals surface area (Å²) < 4.78 is 18.2. The number of carbonyl (C=O) groups excluding carboxylic acids is 1. The van der Waals surface area contributed by atoms with Gasteiger partial charge < -0.3 is 9.64 Å². The molecule has 1 heterocycles. The molecule has 100 valence electrons. The normalized spacial score (nSPS) is 15.9. The van der Waals surface area contributed by atoms with Gasteiger partial charge in [-0.2, -0.15) is 5.26 Å². The molecule has 0 atom stereocenters. The van der Waals surface area contributed by atoms with Gasteiger partial charge in [-0.15, -0.1) is 0 Å². The summed E-state index contributed by atoms with van der Waals surface area (Å²) >= 11 is 0. The average molecular weight is 262 g/mol. The van der Waals surface area contributed by atoms with Gasteiger partial charge in [0.25, 0.3) is 5.91 Å². The number of ether oxygens (including phenoxy) is 1. The molecule has 0 N–H and O–H groups in total. The molecule has 1 saturated heterocycles. The number of amides is 1. The second-order valence-corrected chi connectivity index (χ2v) is 4.53. The number of hydrogen-bond donors (Lipinski definition) is 0. The van der Waals surface area contributed by atoms with E-state index < -0.39 is 0 Å². The van der Waals surface area contributed by atoms with E-state index in [4.69, 9.17) is 10.00 Å². The minimum absolute atomic E-state index is 0.0492. The fraction of sp³-hybridized carbons (Fsp3) is 0.429. The molecule has 0 spiro atoms. The van der Waals surface area contributed by atoms with Gasteiger partial charge >= 0.3 is 0 Å². The largest absolute Gasteiger partial charge is 0.484 e. The Hall–Kier alpha value is -2.09. The first-order chi connectivity index (χ1) is 9.19. The highest BCUT2D eigenvalue weighted by molar-refractivity contribution is 5.77. The first-order valence-electron chi connectivity index (χ1n) is 6.25. The highest BCUT2D eigenvalue weighted by Gasteiger charge is 2.22. The van der Waals surface area contributed by atoms with Gasteiger partial charge in [0.2, 0.25) is 0 Å². The van der Waals surface area contributed by atoms with Crippen LogP contribution in [0.3, 0.4) is 0 Å². The van der Waals surface area contributed by atoms with E-state index in [1.807, 2.05) is 0 Å². The van der Waals surface area contributed by atoms with Crippen LogP contribution in [-0.2, 0) is 4.79 Å². The average Bonchev–Trinajstić information content (AvgIpc) is 2.45. The quantitative estimate of drug-likeness (QED) is 0.836. The van der Waals surface area contributed by atoms with Crippen molar-refractivity contribution >= 4 is 5.91 Å². The van der Waals surface area contributed by atoms with E-state index in [-0.39, 0.29) is 24.2 Å². The van der Waals surface area contributed by atoms with Crippen molar-refractivity contribution in [2.24, 2.45) is 5.92 Å². The highest BCUT2D eigenvalue weighted by atomic mass is 19.1. The molecule has 1 aliphatic rings. The molecule has 5 heteroatoms. The van der Waals surface area contributed by atoms with E-state index in [1.54, 1.807) is 11.0 Å². The van der Waals surface area contributed by atoms with Crippen molar-refractivity contribution in [3.05, 3.63) is 30.1 Å². The second kappa shape index (κ2) is 6.19. The zero-order valence-corrected chi connectivity index (χ0v) is 10.5. The fourth-order valence-corrected chi connectivity index (χ4v) is 2.05. The smallest absolute Gasteiger partial charge is 0.260 e. The summed E-state index contributed by atoms with van der Waals surface area (Å²) in [6, 6.07) is 7.93. The number of piperidine rings is 1. The summed E-state index contributed by atoms with van der Waals surface area (Å²) in [5.74, 6) is -0.117. The zero-order chi connectivity index (χ0) is 13.7. The number of benzene rings is 1. The predicted molar refractivity (Wildman–Crippen MR) is 66.8 cm³/mol. The van der Waals surface area contributed by atoms with Crippen LogP contribution in [0.1, 0.15) is 12.8 Å². The molecule has 0 bridgehead atoms. The van der Waals surface area contributed by atoms with Crippen molar-refractivity contribution in [3.8, 4) is 11.8 Å². The molecule has 1 aromatic carbocycles. The molecule has 1 aromatic rings. The SMILES string of the molecule is N#CC1CCN(C(=O)COc2cccc(F)c2)CC1. The van der Waals surface area contributed by atoms with Crippen LogP contribution < -0.4 is 4.74 Å². The van der Waals surface area contributed by atoms with Crippen molar-refractivity contribution in [1.29, 1.82) is 5.26 Å². The fourth-order valence-electron chi connectivity index (χ4n) is 2.05. The maximum atomic E-state index is 12.9. The summed E-state index contributed by atoms with van der Waals surface area (Å²) in [4.78, 5) is 13.6. The van der Waals surface area contributed by atoms with Crippen LogP contribution in [-0.4, -0.2) is 30.5 Å². The summed E-state index contributed by atoms with van der Waals surface area (Å²) in [5.41, 5.74) is 0. The van der Waals surface area contributed by atoms with Gasteiger partial charge in [-0.3, -0.25) is 4.79 Å². The van der Waals surface area contributed by atoms with E-state index in [0.717, 1.165) is 0 Å². The number of halogens is 1. The molecular formula is C14H15FN2O2. The molecule has 0 saturated carbocycles. The Balaban J connectivity index is 1.81. The van der Waals surface area contributed by atoms with Gasteiger partial charge in [0.1, 0.15) is 11.6 Å². The Kier molecular flexibility index (Phi) is 4.35. The number of nitrogens with zero attached hydrogens (tertiary/aromatic N) is 2. The van der Waals surface area contributed by atoms with Crippen LogP contribution in [0.15, 0.2) is 24.3 Å². The van der Waals surface area contributed by atoms with Crippen LogP contribution in [0.2, 0.25) is 0 Å². The summed E-state index contributed by atoms with van der Waals surface area (Å²) in [6.07, 6.45) is 1.42. The van der Waals surface area contributed by atoms with E-state index in [9.17, 15) is 9.18 Å². The van der Waals surface area contributed by atoms with Crippen molar-refractivity contribution in [2.45, 2.75) is 12.8 Å². The maximum Gasteiger partial charge on any atom is 0.260 e. The number of rotatable bonds is 3. The molecule has 0 radical (unpaired) electrons. The number of hydrogen-bond acceptors (Lipinski definition) is 3. The lowest BCUT2D eigenvalue weighted by Gasteiger charge is -2.29. The van der Waals surface area contributed by atoms with Gasteiger partial charge in [-0.05, 0) is 25.0 Å². The molecule has 0 unspecified atom stereocenters. The van der Waals surface area contributed by atoms with Gasteiger partial charge in [-0.25, -0.2) is 4.39 Å². The molecule has 2 rings (SSSR count). The molecule has 0 aliphatic carbocycles. The topological polar surface area (TPSA) is 53.3 Å². The molecule has 1 amide bonds. The number of carbonyl (C=O) groups is 1. The first kappa shape index (κ1) is 13.3. The minimum atomic E-state index is -0.389. The van der Waals surface area contributed by atoms with Crippen LogP contribution in [0.5, 0.6) is 5.75 Å². The standard InChI is InChI=1S/C14H15FN2O2/c15-12-2-1-3-13(8-12)19-10-14(18)17-6-4-11(9-16)5-7-17/h1-3,8,11H,4-7,10H2. The monoisotopic (exact) mass is 262 g/mol. The van der Waals surface area contributed by atoms with Crippen molar-refractivity contribution in [3.63, 3.8) is 0 Å². The van der Waals surface area contributed by atoms with E-state index in [1.165, 1.54) is 18.2 Å². The lowest BCUT2D eigenvalue weighted by molar-refractivity contribution is -0.134. The molecular weight excluding hydrogens is 247 g/mol. The Morgan fingerprint density at radius 2 is 2.21 bits per heavy atom. The third-order valence-corrected chi connectivity index (χ3v) is 3.19. The lowest BCUT2D eigenvalue weighted by Crippen LogP contribution is -2.40. The summed E-state index contributed by atoms with van der Waals surface area (Å²) in [6.45, 7) is 1.08. The van der Waals surface area contributed by atoms with Crippen LogP contribution in [0.25, 0.3) is 0 Å². The molecule has 1 fully saturated rings. The minimum Gasteiger partial charge on any atom is -0.484 e. The Labute approximate surface area is 111 Å². The Bertz CT molecular complexity index is 490. The summed E-state index contributed by atoms with van der Waals surface area (Å²) in [7, 11) is 0. The maximum absolute atomic E-state index is 12.9. The van der Waals surface area contributed by atoms with Crippen LogP contribution in [0.4, 0.5) is 4.39 Å². The van der Waals surface area contributed by atoms with Gasteiger partial charge in [0, 0.05) is 25.1 Å². The number of likely N-dealkylation sites (tertiary alicyclic amines) is 1. The first-order valence-corrected chi connectivity index (χ1v) is 6.25. The Morgan fingerprint density at radius 1 is 1.47 bits per heavy atom. The molecule has 4 nitrogen and oxygen atoms in total. The van der Waals surface area contributed by atoms with E-state index >= 15 is 0 Å². The van der Waals surface area contributed by atoms with Gasteiger partial charge in [0.05, 0.1) is 6.07 Å². The molecule has 0 aromatic heterocycles. The van der Waals surface area contributed by atoms with Gasteiger partial charge in [0.15, 0.2) is 6.61 Å². The van der Waals surface area contributed by atoms with Gasteiger partial charge in [-0.1, -0.05) is 6.07 Å². The number of nitriles is 1. The highest BCUT2D eigenvalue weighted by Crippen LogP contribution is 2.17. The van der Waals surface area contributed by atoms with Crippen LogP contribution in [0, 0.1) is 23.1 Å². The van der Waals surface area contributed by atoms with Crippen molar-refractivity contribution in [1.82, 2.24) is 4.90 Å². The van der Waals surface area contributed by atoms with Crippen LogP contribution >= 0.6 is 0 Å². The Morgan fingerprint density at radius 3 is 2.84 bits per heavy atom. The molecule has 19 heavy (non-hydrogen) atoms. The van der Waals surface area contributed by atoms with E-state index in [0.29, 0.717) is 31.7 Å². The predicted octanol–water partition coefficient (Wildman–Crippen LogP) is 1.97.